The number of carbonyl (C=O) groups excluding carboxylic acids is 1. The first-order valence-corrected chi connectivity index (χ1v) is 8.45. The second kappa shape index (κ2) is 6.60. The van der Waals surface area contributed by atoms with Gasteiger partial charge >= 0.3 is 0 Å². The zero-order chi connectivity index (χ0) is 18.1. The van der Waals surface area contributed by atoms with Crippen molar-refractivity contribution in [2.45, 2.75) is 13.8 Å². The molecule has 6 nitrogen and oxygen atoms in total. The second-order valence-corrected chi connectivity index (χ2v) is 6.63. The Kier molecular flexibility index (Phi) is 4.50. The summed E-state index contributed by atoms with van der Waals surface area (Å²) in [6.07, 6.45) is 0. The summed E-state index contributed by atoms with van der Waals surface area (Å²) in [5.74, 6) is 0.861. The molecule has 3 aromatic rings. The lowest BCUT2D eigenvalue weighted by Crippen LogP contribution is -2.12. The van der Waals surface area contributed by atoms with Crippen molar-refractivity contribution >= 4 is 38.8 Å². The highest BCUT2D eigenvalue weighted by Gasteiger charge is 2.19. The number of carbonyl (C=O) groups is 1. The highest BCUT2D eigenvalue weighted by molar-refractivity contribution is 7.21. The number of rotatable bonds is 4. The minimum atomic E-state index is -0.273. The van der Waals surface area contributed by atoms with Crippen LogP contribution in [0, 0.1) is 13.8 Å². The molecule has 0 unspecified atom stereocenters. The third-order valence-electron chi connectivity index (χ3n) is 3.87. The van der Waals surface area contributed by atoms with Gasteiger partial charge in [0.05, 0.1) is 19.9 Å². The number of ether oxygens (including phenoxy) is 2. The van der Waals surface area contributed by atoms with Crippen LogP contribution in [0.25, 0.3) is 10.2 Å². The second-order valence-electron chi connectivity index (χ2n) is 5.63. The number of aromatic nitrogens is 1. The third-order valence-corrected chi connectivity index (χ3v) is 4.97. The Labute approximate surface area is 149 Å². The number of hydrogen-bond donors (Lipinski definition) is 2. The maximum absolute atomic E-state index is 12.7. The number of fused-ring (bicyclic) bond motifs is 1. The Hall–Kier alpha value is -2.80. The molecule has 3 N–H and O–H groups in total. The lowest BCUT2D eigenvalue weighted by Gasteiger charge is -2.10. The van der Waals surface area contributed by atoms with Gasteiger partial charge in [0.25, 0.3) is 5.91 Å². The molecule has 0 atom stereocenters. The van der Waals surface area contributed by atoms with Gasteiger partial charge in [-0.1, -0.05) is 0 Å². The largest absolute Gasteiger partial charge is 0.493 e. The van der Waals surface area contributed by atoms with Crippen molar-refractivity contribution in [3.8, 4) is 11.5 Å². The summed E-state index contributed by atoms with van der Waals surface area (Å²) in [6, 6.07) is 7.14. The SMILES string of the molecule is COc1ccc(NC(=O)c2sc3nc(C)cc(C)c3c2N)cc1OC. The fourth-order valence-electron chi connectivity index (χ4n) is 2.74. The van der Waals surface area contributed by atoms with Crippen LogP contribution in [0.5, 0.6) is 11.5 Å². The first-order valence-electron chi connectivity index (χ1n) is 7.64. The summed E-state index contributed by atoms with van der Waals surface area (Å²) in [6.45, 7) is 3.89. The lowest BCUT2D eigenvalue weighted by atomic mass is 10.1. The van der Waals surface area contributed by atoms with Crippen LogP contribution in [-0.2, 0) is 0 Å². The number of nitrogen functional groups attached to an aromatic ring is 1. The topological polar surface area (TPSA) is 86.5 Å². The number of aryl methyl sites for hydroxylation is 2. The van der Waals surface area contributed by atoms with Gasteiger partial charge in [0, 0.05) is 22.8 Å². The molecule has 0 spiro atoms. The molecule has 0 fully saturated rings. The first-order chi connectivity index (χ1) is 11.9. The summed E-state index contributed by atoms with van der Waals surface area (Å²) in [7, 11) is 3.11. The van der Waals surface area contributed by atoms with Gasteiger partial charge in [-0.05, 0) is 37.6 Å². The molecule has 0 saturated heterocycles. The molecule has 7 heteroatoms. The van der Waals surface area contributed by atoms with E-state index in [0.29, 0.717) is 27.8 Å². The molecule has 0 aliphatic heterocycles. The lowest BCUT2D eigenvalue weighted by molar-refractivity contribution is 0.103. The van der Waals surface area contributed by atoms with E-state index in [9.17, 15) is 4.79 Å². The van der Waals surface area contributed by atoms with Crippen LogP contribution in [0.2, 0.25) is 0 Å². The van der Waals surface area contributed by atoms with Crippen LogP contribution in [0.3, 0.4) is 0 Å². The number of pyridine rings is 1. The van der Waals surface area contributed by atoms with E-state index in [1.807, 2.05) is 19.9 Å². The van der Waals surface area contributed by atoms with Crippen LogP contribution in [0.1, 0.15) is 20.9 Å². The zero-order valence-corrected chi connectivity index (χ0v) is 15.3. The van der Waals surface area contributed by atoms with Gasteiger partial charge in [0.15, 0.2) is 11.5 Å². The average Bonchev–Trinajstić information content (AvgIpc) is 2.91. The van der Waals surface area contributed by atoms with Gasteiger partial charge in [-0.15, -0.1) is 11.3 Å². The van der Waals surface area contributed by atoms with Crippen LogP contribution >= 0.6 is 11.3 Å². The Morgan fingerprint density at radius 1 is 1.16 bits per heavy atom. The smallest absolute Gasteiger partial charge is 0.267 e. The Bertz CT molecular complexity index is 966. The molecule has 0 aliphatic carbocycles. The highest BCUT2D eigenvalue weighted by Crippen LogP contribution is 2.36. The molecule has 1 aromatic carbocycles. The highest BCUT2D eigenvalue weighted by atomic mass is 32.1. The number of methoxy groups -OCH3 is 2. The minimum Gasteiger partial charge on any atom is -0.493 e. The number of nitrogens with zero attached hydrogens (tertiary/aromatic N) is 1. The molecule has 25 heavy (non-hydrogen) atoms. The number of hydrogen-bond acceptors (Lipinski definition) is 6. The first kappa shape index (κ1) is 17.0. The molecular weight excluding hydrogens is 338 g/mol. The molecule has 0 aliphatic rings. The van der Waals surface area contributed by atoms with Gasteiger partial charge in [-0.3, -0.25) is 4.79 Å². The Balaban J connectivity index is 1.95. The number of benzene rings is 1. The van der Waals surface area contributed by atoms with E-state index in [1.54, 1.807) is 32.4 Å². The fraction of sp³-hybridized carbons (Fsp3) is 0.222. The number of amides is 1. The molecule has 1 amide bonds. The van der Waals surface area contributed by atoms with Crippen molar-refractivity contribution in [1.29, 1.82) is 0 Å². The van der Waals surface area contributed by atoms with Crippen molar-refractivity contribution in [3.05, 3.63) is 40.4 Å². The maximum atomic E-state index is 12.7. The monoisotopic (exact) mass is 357 g/mol. The van der Waals surface area contributed by atoms with Gasteiger partial charge in [-0.25, -0.2) is 4.98 Å². The van der Waals surface area contributed by atoms with E-state index in [0.717, 1.165) is 21.5 Å². The summed E-state index contributed by atoms with van der Waals surface area (Å²) in [5, 5.41) is 3.69. The van der Waals surface area contributed by atoms with Crippen molar-refractivity contribution in [1.82, 2.24) is 4.98 Å². The average molecular weight is 357 g/mol. The zero-order valence-electron chi connectivity index (χ0n) is 14.5. The quantitative estimate of drug-likeness (QED) is 0.742. The fourth-order valence-corrected chi connectivity index (χ4v) is 3.85. The Morgan fingerprint density at radius 2 is 1.88 bits per heavy atom. The number of thiophene rings is 1. The summed E-state index contributed by atoms with van der Waals surface area (Å²) < 4.78 is 10.5. The van der Waals surface area contributed by atoms with Crippen molar-refractivity contribution < 1.29 is 14.3 Å². The van der Waals surface area contributed by atoms with E-state index >= 15 is 0 Å². The van der Waals surface area contributed by atoms with Crippen LogP contribution < -0.4 is 20.5 Å². The van der Waals surface area contributed by atoms with Crippen LogP contribution in [0.4, 0.5) is 11.4 Å². The minimum absolute atomic E-state index is 0.273. The third kappa shape index (κ3) is 3.10. The van der Waals surface area contributed by atoms with Crippen molar-refractivity contribution in [2.24, 2.45) is 0 Å². The van der Waals surface area contributed by atoms with Crippen LogP contribution in [-0.4, -0.2) is 25.1 Å². The van der Waals surface area contributed by atoms with E-state index in [1.165, 1.54) is 11.3 Å². The summed E-state index contributed by atoms with van der Waals surface area (Å²) >= 11 is 1.29. The maximum Gasteiger partial charge on any atom is 0.267 e. The predicted molar refractivity (Wildman–Crippen MR) is 101 cm³/mol. The van der Waals surface area contributed by atoms with E-state index in [4.69, 9.17) is 15.2 Å². The van der Waals surface area contributed by atoms with E-state index in [2.05, 4.69) is 10.3 Å². The molecule has 130 valence electrons. The molecule has 2 heterocycles. The predicted octanol–water partition coefficient (Wildman–Crippen LogP) is 3.76. The summed E-state index contributed by atoms with van der Waals surface area (Å²) in [4.78, 5) is 18.4. The molecule has 2 aromatic heterocycles. The van der Waals surface area contributed by atoms with E-state index in [-0.39, 0.29) is 5.91 Å². The molecular formula is C18H19N3O3S. The van der Waals surface area contributed by atoms with Gasteiger partial charge in [-0.2, -0.15) is 0 Å². The van der Waals surface area contributed by atoms with Crippen LogP contribution in [0.15, 0.2) is 24.3 Å². The number of anilines is 2. The molecule has 0 saturated carbocycles. The standard InChI is InChI=1S/C18H19N3O3S/c1-9-7-10(2)20-18-14(9)15(19)16(25-18)17(22)21-11-5-6-12(23-3)13(8-11)24-4/h5-8H,19H2,1-4H3,(H,21,22). The number of nitrogens with one attached hydrogen (secondary N) is 1. The van der Waals surface area contributed by atoms with Crippen molar-refractivity contribution in [2.75, 3.05) is 25.3 Å². The molecule has 3 rings (SSSR count). The van der Waals surface area contributed by atoms with Crippen molar-refractivity contribution in [3.63, 3.8) is 0 Å². The number of nitrogens with two attached hydrogens (primary N) is 1. The molecule has 0 radical (unpaired) electrons. The normalized spacial score (nSPS) is 10.7. The van der Waals surface area contributed by atoms with E-state index < -0.39 is 0 Å². The Morgan fingerprint density at radius 3 is 2.56 bits per heavy atom. The van der Waals surface area contributed by atoms with Gasteiger partial charge in [0.1, 0.15) is 9.71 Å². The summed E-state index contributed by atoms with van der Waals surface area (Å²) in [5.41, 5.74) is 9.19. The molecule has 0 bridgehead atoms. The van der Waals surface area contributed by atoms with Gasteiger partial charge in [0.2, 0.25) is 0 Å². The van der Waals surface area contributed by atoms with Gasteiger partial charge < -0.3 is 20.5 Å².